The van der Waals surface area contributed by atoms with E-state index in [1.807, 2.05) is 83.4 Å². The first kappa shape index (κ1) is 23.8. The van der Waals surface area contributed by atoms with Crippen LogP contribution < -0.4 is 13.7 Å². The molecule has 0 bridgehead atoms. The van der Waals surface area contributed by atoms with Crippen LogP contribution in [0.2, 0.25) is 0 Å². The minimum Gasteiger partial charge on any atom is -0.497 e. The van der Waals surface area contributed by atoms with Crippen molar-refractivity contribution in [3.8, 4) is 34.3 Å². The molecule has 1 aromatic heterocycles. The second kappa shape index (κ2) is 9.08. The molecule has 0 aliphatic rings. The molecule has 0 unspecified atom stereocenters. The summed E-state index contributed by atoms with van der Waals surface area (Å²) >= 11 is 0. The maximum Gasteiger partial charge on any atom is 0.306 e. The minimum atomic E-state index is -3.77. The van der Waals surface area contributed by atoms with E-state index in [0.29, 0.717) is 17.1 Å². The summed E-state index contributed by atoms with van der Waals surface area (Å²) in [7, 11) is -0.495. The molecule has 0 N–H and O–H groups in total. The number of hydrogen-bond acceptors (Lipinski definition) is 6. The van der Waals surface area contributed by atoms with Gasteiger partial charge in [0.25, 0.3) is 0 Å². The molecule has 0 radical (unpaired) electrons. The molecule has 6 aromatic rings. The van der Waals surface area contributed by atoms with Gasteiger partial charge >= 0.3 is 10.1 Å². The van der Waals surface area contributed by atoms with Gasteiger partial charge in [0.2, 0.25) is 0 Å². The normalized spacial score (nSPS) is 11.8. The fourth-order valence-electron chi connectivity index (χ4n) is 4.91. The summed E-state index contributed by atoms with van der Waals surface area (Å²) in [5.74, 6) is 2.18. The number of imidazole rings is 1. The maximum atomic E-state index is 12.1. The number of nitrogens with zero attached hydrogens (tertiary/aromatic N) is 2. The van der Waals surface area contributed by atoms with E-state index in [4.69, 9.17) is 18.6 Å². The molecule has 7 nitrogen and oxygen atoms in total. The third-order valence-corrected chi connectivity index (χ3v) is 7.00. The zero-order valence-electron chi connectivity index (χ0n) is 21.0. The van der Waals surface area contributed by atoms with Crippen molar-refractivity contribution in [2.24, 2.45) is 0 Å². The van der Waals surface area contributed by atoms with Crippen LogP contribution >= 0.6 is 0 Å². The monoisotopic (exact) mass is 524 g/mol. The van der Waals surface area contributed by atoms with Crippen LogP contribution in [0.15, 0.2) is 91.0 Å². The molecule has 0 atom stereocenters. The number of fused-ring (bicyclic) bond motifs is 6. The van der Waals surface area contributed by atoms with Crippen molar-refractivity contribution in [2.45, 2.75) is 0 Å². The number of methoxy groups -OCH3 is 2. The standard InChI is InChI=1S/C30H24N2O5S/c1-35-20-13-15-22-23-16-14-21(36-2)18-26(23)29-28(25(22)17-20)31-30(32(29)19-9-5-4-6-10-19)24-11-7-8-12-27(24)37-38(3,33)34/h4-18H,1-3H3. The van der Waals surface area contributed by atoms with Crippen LogP contribution in [0.1, 0.15) is 0 Å². The Bertz CT molecular complexity index is 1950. The van der Waals surface area contributed by atoms with Crippen molar-refractivity contribution in [3.63, 3.8) is 0 Å². The van der Waals surface area contributed by atoms with Gasteiger partial charge in [0.15, 0.2) is 5.75 Å². The van der Waals surface area contributed by atoms with Crippen LogP contribution in [0.4, 0.5) is 0 Å². The second-order valence-electron chi connectivity index (χ2n) is 8.91. The SMILES string of the molecule is COc1ccc2c3ccc(OC)cc3c3c(nc(-c4ccccc4OS(C)(=O)=O)n3-c3ccccc3)c2c1. The summed E-state index contributed by atoms with van der Waals surface area (Å²) in [6, 6.07) is 28.8. The molecule has 1 heterocycles. The number of benzene rings is 5. The Morgan fingerprint density at radius 3 is 1.97 bits per heavy atom. The summed E-state index contributed by atoms with van der Waals surface area (Å²) in [6.07, 6.45) is 1.03. The molecule has 0 saturated heterocycles. The molecular formula is C30H24N2O5S. The van der Waals surface area contributed by atoms with E-state index in [9.17, 15) is 8.42 Å². The molecule has 38 heavy (non-hydrogen) atoms. The van der Waals surface area contributed by atoms with E-state index in [0.717, 1.165) is 50.3 Å². The summed E-state index contributed by atoms with van der Waals surface area (Å²) in [5, 5.41) is 3.90. The van der Waals surface area contributed by atoms with Crippen molar-refractivity contribution in [3.05, 3.63) is 91.0 Å². The molecule has 5 aromatic carbocycles. The molecular weight excluding hydrogens is 500 g/mol. The molecule has 0 fully saturated rings. The van der Waals surface area contributed by atoms with Crippen LogP contribution in [-0.4, -0.2) is 38.4 Å². The van der Waals surface area contributed by atoms with Gasteiger partial charge in [0, 0.05) is 16.5 Å². The fourth-order valence-corrected chi connectivity index (χ4v) is 5.39. The van der Waals surface area contributed by atoms with Crippen molar-refractivity contribution >= 4 is 42.7 Å². The molecule has 0 amide bonds. The summed E-state index contributed by atoms with van der Waals surface area (Å²) in [5.41, 5.74) is 3.01. The Morgan fingerprint density at radius 1 is 0.711 bits per heavy atom. The third-order valence-electron chi connectivity index (χ3n) is 6.51. The van der Waals surface area contributed by atoms with E-state index in [1.165, 1.54) is 0 Å². The zero-order chi connectivity index (χ0) is 26.4. The number of aromatic nitrogens is 2. The highest BCUT2D eigenvalue weighted by Crippen LogP contribution is 2.42. The Morgan fingerprint density at radius 2 is 1.32 bits per heavy atom. The van der Waals surface area contributed by atoms with Crippen LogP contribution in [0.5, 0.6) is 17.2 Å². The number of rotatable bonds is 6. The van der Waals surface area contributed by atoms with Gasteiger partial charge in [-0.05, 0) is 71.4 Å². The highest BCUT2D eigenvalue weighted by molar-refractivity contribution is 7.86. The largest absolute Gasteiger partial charge is 0.497 e. The molecule has 8 heteroatoms. The van der Waals surface area contributed by atoms with E-state index in [2.05, 4.69) is 0 Å². The lowest BCUT2D eigenvalue weighted by Crippen LogP contribution is -2.07. The highest BCUT2D eigenvalue weighted by Gasteiger charge is 2.23. The van der Waals surface area contributed by atoms with Crippen molar-refractivity contribution < 1.29 is 22.1 Å². The molecule has 190 valence electrons. The van der Waals surface area contributed by atoms with Gasteiger partial charge in [-0.3, -0.25) is 4.57 Å². The zero-order valence-corrected chi connectivity index (χ0v) is 21.8. The quantitative estimate of drug-likeness (QED) is 0.186. The Hall–Kier alpha value is -4.56. The first-order valence-electron chi connectivity index (χ1n) is 11.9. The highest BCUT2D eigenvalue weighted by atomic mass is 32.2. The Kier molecular flexibility index (Phi) is 5.69. The van der Waals surface area contributed by atoms with Crippen LogP contribution in [0, 0.1) is 0 Å². The molecule has 0 spiro atoms. The lowest BCUT2D eigenvalue weighted by atomic mass is 9.99. The lowest BCUT2D eigenvalue weighted by molar-refractivity contribution is 0.415. The predicted octanol–water partition coefficient (Wildman–Crippen LogP) is 6.35. The van der Waals surface area contributed by atoms with Gasteiger partial charge in [-0.15, -0.1) is 0 Å². The van der Waals surface area contributed by atoms with Crippen LogP contribution in [0.3, 0.4) is 0 Å². The average molecular weight is 525 g/mol. The van der Waals surface area contributed by atoms with Gasteiger partial charge in [-0.25, -0.2) is 4.98 Å². The number of ether oxygens (including phenoxy) is 2. The maximum absolute atomic E-state index is 12.1. The third kappa shape index (κ3) is 3.99. The molecule has 0 aliphatic carbocycles. The first-order chi connectivity index (χ1) is 18.4. The van der Waals surface area contributed by atoms with Crippen LogP contribution in [-0.2, 0) is 10.1 Å². The van der Waals surface area contributed by atoms with Gasteiger partial charge in [-0.2, -0.15) is 8.42 Å². The first-order valence-corrected chi connectivity index (χ1v) is 13.7. The summed E-state index contributed by atoms with van der Waals surface area (Å²) in [4.78, 5) is 5.15. The van der Waals surface area contributed by atoms with Gasteiger partial charge < -0.3 is 13.7 Å². The van der Waals surface area contributed by atoms with Gasteiger partial charge in [0.1, 0.15) is 17.3 Å². The molecule has 0 saturated carbocycles. The second-order valence-corrected chi connectivity index (χ2v) is 10.5. The number of para-hydroxylation sites is 2. The predicted molar refractivity (Wildman–Crippen MR) is 150 cm³/mol. The number of hydrogen-bond donors (Lipinski definition) is 0. The van der Waals surface area contributed by atoms with E-state index in [1.54, 1.807) is 26.4 Å². The van der Waals surface area contributed by atoms with Crippen LogP contribution in [0.25, 0.3) is 49.7 Å². The van der Waals surface area contributed by atoms with Crippen molar-refractivity contribution in [1.29, 1.82) is 0 Å². The smallest absolute Gasteiger partial charge is 0.306 e. The lowest BCUT2D eigenvalue weighted by Gasteiger charge is -2.14. The van der Waals surface area contributed by atoms with Crippen molar-refractivity contribution in [1.82, 2.24) is 9.55 Å². The Labute approximate surface area is 219 Å². The van der Waals surface area contributed by atoms with Gasteiger partial charge in [-0.1, -0.05) is 30.3 Å². The topological polar surface area (TPSA) is 79.7 Å². The van der Waals surface area contributed by atoms with E-state index >= 15 is 0 Å². The van der Waals surface area contributed by atoms with E-state index in [-0.39, 0.29) is 5.75 Å². The van der Waals surface area contributed by atoms with E-state index < -0.39 is 10.1 Å². The summed E-state index contributed by atoms with van der Waals surface area (Å²) < 4.78 is 42.8. The fraction of sp³-hybridized carbons (Fsp3) is 0.100. The minimum absolute atomic E-state index is 0.200. The average Bonchev–Trinajstić information content (AvgIpc) is 3.33. The van der Waals surface area contributed by atoms with Crippen molar-refractivity contribution in [2.75, 3.05) is 20.5 Å². The summed E-state index contributed by atoms with van der Waals surface area (Å²) in [6.45, 7) is 0. The molecule has 0 aliphatic heterocycles. The molecule has 6 rings (SSSR count). The van der Waals surface area contributed by atoms with Gasteiger partial charge in [0.05, 0.1) is 37.1 Å². The Balaban J connectivity index is 1.85.